The molecule has 1 aromatic carbocycles. The number of amides is 1. The number of nitrogens with one attached hydrogen (secondary N) is 1. The Bertz CT molecular complexity index is 428. The van der Waals surface area contributed by atoms with E-state index in [1.54, 1.807) is 11.8 Å². The Kier molecular flexibility index (Phi) is 8.28. The van der Waals surface area contributed by atoms with Crippen molar-refractivity contribution in [1.29, 1.82) is 0 Å². The summed E-state index contributed by atoms with van der Waals surface area (Å²) in [7, 11) is 0. The summed E-state index contributed by atoms with van der Waals surface area (Å²) in [5, 5.41) is 2.93. The Balaban J connectivity index is 2.18. The summed E-state index contributed by atoms with van der Waals surface area (Å²) in [4.78, 5) is 11.7. The van der Waals surface area contributed by atoms with Crippen LogP contribution in [0, 0.1) is 13.8 Å². The first-order valence-corrected chi connectivity index (χ1v) is 8.68. The van der Waals surface area contributed by atoms with Gasteiger partial charge >= 0.3 is 0 Å². The van der Waals surface area contributed by atoms with Gasteiger partial charge in [-0.1, -0.05) is 13.0 Å². The van der Waals surface area contributed by atoms with Gasteiger partial charge in [-0.3, -0.25) is 4.79 Å². The van der Waals surface area contributed by atoms with Crippen LogP contribution in [0.5, 0.6) is 5.75 Å². The van der Waals surface area contributed by atoms with Crippen LogP contribution in [-0.2, 0) is 4.79 Å². The molecule has 0 fully saturated rings. The number of carbonyl (C=O) groups is 1. The lowest BCUT2D eigenvalue weighted by molar-refractivity contribution is -0.120. The Hall–Kier alpha value is -1.16. The van der Waals surface area contributed by atoms with Crippen molar-refractivity contribution in [3.05, 3.63) is 29.3 Å². The molecule has 0 heterocycles. The van der Waals surface area contributed by atoms with Crippen LogP contribution >= 0.6 is 11.8 Å². The number of thioether (sulfide) groups is 1. The zero-order chi connectivity index (χ0) is 15.7. The average molecular weight is 309 g/mol. The zero-order valence-electron chi connectivity index (χ0n) is 13.6. The molecule has 1 rings (SSSR count). The molecule has 0 radical (unpaired) electrons. The number of ether oxygens (including phenoxy) is 1. The lowest BCUT2D eigenvalue weighted by atomic mass is 10.1. The number of hydrogen-bond donors (Lipinski definition) is 1. The van der Waals surface area contributed by atoms with Gasteiger partial charge in [0, 0.05) is 6.54 Å². The van der Waals surface area contributed by atoms with Crippen LogP contribution in [0.1, 0.15) is 37.8 Å². The number of aryl methyl sites for hydroxylation is 2. The van der Waals surface area contributed by atoms with Crippen molar-refractivity contribution in [2.24, 2.45) is 0 Å². The Labute approximate surface area is 132 Å². The summed E-state index contributed by atoms with van der Waals surface area (Å²) >= 11 is 1.68. The highest BCUT2D eigenvalue weighted by molar-refractivity contribution is 8.00. The average Bonchev–Trinajstić information content (AvgIpc) is 2.43. The third kappa shape index (κ3) is 7.42. The van der Waals surface area contributed by atoms with Crippen molar-refractivity contribution in [2.75, 3.05) is 18.9 Å². The molecular weight excluding hydrogens is 282 g/mol. The molecule has 1 N–H and O–H groups in total. The van der Waals surface area contributed by atoms with Gasteiger partial charge in [-0.05, 0) is 62.6 Å². The largest absolute Gasteiger partial charge is 0.494 e. The van der Waals surface area contributed by atoms with E-state index in [-0.39, 0.29) is 11.2 Å². The van der Waals surface area contributed by atoms with E-state index in [1.165, 1.54) is 11.1 Å². The maximum atomic E-state index is 11.7. The van der Waals surface area contributed by atoms with Crippen molar-refractivity contribution in [2.45, 2.75) is 45.8 Å². The number of carbonyl (C=O) groups excluding carboxylic acids is 1. The lowest BCUT2D eigenvalue weighted by Crippen LogP contribution is -2.31. The fraction of sp³-hybridized carbons (Fsp3) is 0.588. The quantitative estimate of drug-likeness (QED) is 0.707. The van der Waals surface area contributed by atoms with Gasteiger partial charge in [-0.2, -0.15) is 0 Å². The minimum atomic E-state index is 0.0118. The highest BCUT2D eigenvalue weighted by atomic mass is 32.2. The molecule has 0 aliphatic heterocycles. The van der Waals surface area contributed by atoms with Crippen molar-refractivity contribution in [1.82, 2.24) is 5.32 Å². The van der Waals surface area contributed by atoms with E-state index in [2.05, 4.69) is 44.3 Å². The predicted octanol–water partition coefficient (Wildman–Crippen LogP) is 3.72. The molecule has 0 aliphatic carbocycles. The minimum absolute atomic E-state index is 0.0118. The van der Waals surface area contributed by atoms with Crippen LogP contribution in [0.25, 0.3) is 0 Å². The zero-order valence-corrected chi connectivity index (χ0v) is 14.4. The smallest absolute Gasteiger partial charge is 0.232 e. The molecule has 21 heavy (non-hydrogen) atoms. The second kappa shape index (κ2) is 9.72. The Morgan fingerprint density at radius 3 is 2.57 bits per heavy atom. The summed E-state index contributed by atoms with van der Waals surface area (Å²) in [6.45, 7) is 9.63. The van der Waals surface area contributed by atoms with Crippen molar-refractivity contribution >= 4 is 17.7 Å². The first kappa shape index (κ1) is 17.9. The van der Waals surface area contributed by atoms with E-state index in [9.17, 15) is 4.79 Å². The minimum Gasteiger partial charge on any atom is -0.494 e. The van der Waals surface area contributed by atoms with Crippen LogP contribution in [0.4, 0.5) is 0 Å². The standard InChI is InChI=1S/C17H27NO2S/c1-5-7-18-17(19)15(4)21-9-6-8-20-16-11-13(2)10-14(3)12-16/h10-12,15H,5-9H2,1-4H3,(H,18,19). The second-order valence-corrected chi connectivity index (χ2v) is 6.78. The SMILES string of the molecule is CCCNC(=O)C(C)SCCCOc1cc(C)cc(C)c1. The summed E-state index contributed by atoms with van der Waals surface area (Å²) in [5.74, 6) is 2.01. The van der Waals surface area contributed by atoms with Gasteiger partial charge in [0.05, 0.1) is 11.9 Å². The third-order valence-electron chi connectivity index (χ3n) is 3.04. The van der Waals surface area contributed by atoms with Crippen molar-refractivity contribution in [3.8, 4) is 5.75 Å². The molecule has 0 aliphatic rings. The van der Waals surface area contributed by atoms with Crippen LogP contribution in [0.2, 0.25) is 0 Å². The Morgan fingerprint density at radius 2 is 1.95 bits per heavy atom. The van der Waals surface area contributed by atoms with Crippen LogP contribution in [0.3, 0.4) is 0 Å². The van der Waals surface area contributed by atoms with Gasteiger partial charge in [0.1, 0.15) is 5.75 Å². The second-order valence-electron chi connectivity index (χ2n) is 5.33. The highest BCUT2D eigenvalue weighted by Crippen LogP contribution is 2.17. The van der Waals surface area contributed by atoms with E-state index in [1.807, 2.05) is 6.92 Å². The molecule has 3 nitrogen and oxygen atoms in total. The van der Waals surface area contributed by atoms with Crippen LogP contribution in [-0.4, -0.2) is 30.1 Å². The lowest BCUT2D eigenvalue weighted by Gasteiger charge is -2.12. The first-order valence-electron chi connectivity index (χ1n) is 7.63. The monoisotopic (exact) mass is 309 g/mol. The van der Waals surface area contributed by atoms with E-state index < -0.39 is 0 Å². The summed E-state index contributed by atoms with van der Waals surface area (Å²) < 4.78 is 5.76. The maximum absolute atomic E-state index is 11.7. The van der Waals surface area contributed by atoms with Gasteiger partial charge in [0.25, 0.3) is 0 Å². The van der Waals surface area contributed by atoms with Gasteiger partial charge in [0.15, 0.2) is 0 Å². The molecule has 1 atom stereocenters. The fourth-order valence-electron chi connectivity index (χ4n) is 1.99. The van der Waals surface area contributed by atoms with Crippen LogP contribution < -0.4 is 10.1 Å². The molecule has 4 heteroatoms. The molecule has 0 spiro atoms. The van der Waals surface area contributed by atoms with Crippen LogP contribution in [0.15, 0.2) is 18.2 Å². The molecule has 1 aromatic rings. The number of rotatable bonds is 9. The molecular formula is C17H27NO2S. The molecule has 1 unspecified atom stereocenters. The van der Waals surface area contributed by atoms with Gasteiger partial charge in [0.2, 0.25) is 5.91 Å². The molecule has 0 bridgehead atoms. The highest BCUT2D eigenvalue weighted by Gasteiger charge is 2.11. The fourth-order valence-corrected chi connectivity index (χ4v) is 2.87. The van der Waals surface area contributed by atoms with Gasteiger partial charge in [-0.15, -0.1) is 11.8 Å². The van der Waals surface area contributed by atoms with Gasteiger partial charge in [-0.25, -0.2) is 0 Å². The normalized spacial score (nSPS) is 12.0. The summed E-state index contributed by atoms with van der Waals surface area (Å²) in [6.07, 6.45) is 1.93. The van der Waals surface area contributed by atoms with E-state index in [4.69, 9.17) is 4.74 Å². The summed E-state index contributed by atoms with van der Waals surface area (Å²) in [5.41, 5.74) is 2.45. The topological polar surface area (TPSA) is 38.3 Å². The van der Waals surface area contributed by atoms with Gasteiger partial charge < -0.3 is 10.1 Å². The molecule has 118 valence electrons. The predicted molar refractivity (Wildman–Crippen MR) is 91.2 cm³/mol. The number of hydrogen-bond acceptors (Lipinski definition) is 3. The number of benzene rings is 1. The summed E-state index contributed by atoms with van der Waals surface area (Å²) in [6, 6.07) is 6.25. The van der Waals surface area contributed by atoms with E-state index in [0.29, 0.717) is 6.61 Å². The van der Waals surface area contributed by atoms with Crippen molar-refractivity contribution < 1.29 is 9.53 Å². The van der Waals surface area contributed by atoms with Crippen molar-refractivity contribution in [3.63, 3.8) is 0 Å². The van der Waals surface area contributed by atoms with E-state index in [0.717, 1.165) is 30.9 Å². The third-order valence-corrected chi connectivity index (χ3v) is 4.28. The molecule has 0 saturated carbocycles. The van der Waals surface area contributed by atoms with E-state index >= 15 is 0 Å². The first-order chi connectivity index (χ1) is 10.0. The molecule has 1 amide bonds. The Morgan fingerprint density at radius 1 is 1.29 bits per heavy atom. The maximum Gasteiger partial charge on any atom is 0.232 e. The molecule has 0 saturated heterocycles. The molecule has 0 aromatic heterocycles.